The van der Waals surface area contributed by atoms with Gasteiger partial charge in [-0.05, 0) is 24.6 Å². The molecule has 92 valence electrons. The maximum atomic E-state index is 8.75. The highest BCUT2D eigenvalue weighted by Gasteiger charge is 2.19. The van der Waals surface area contributed by atoms with Gasteiger partial charge in [0.05, 0.1) is 6.04 Å². The third-order valence-corrected chi connectivity index (χ3v) is 3.13. The summed E-state index contributed by atoms with van der Waals surface area (Å²) < 4.78 is 2.64. The van der Waals surface area contributed by atoms with Gasteiger partial charge in [0.2, 0.25) is 0 Å². The van der Waals surface area contributed by atoms with Crippen LogP contribution >= 0.6 is 15.9 Å². The second-order valence-corrected chi connectivity index (χ2v) is 4.93. The summed E-state index contributed by atoms with van der Waals surface area (Å²) in [5.74, 6) is 0.151. The van der Waals surface area contributed by atoms with Crippen LogP contribution in [0.4, 0.5) is 0 Å². The third kappa shape index (κ3) is 2.58. The molecule has 0 radical (unpaired) electrons. The van der Waals surface area contributed by atoms with E-state index in [1.54, 1.807) is 4.68 Å². The highest BCUT2D eigenvalue weighted by Crippen LogP contribution is 2.22. The summed E-state index contributed by atoms with van der Waals surface area (Å²) in [4.78, 5) is 3.91. The van der Waals surface area contributed by atoms with Gasteiger partial charge in [-0.2, -0.15) is 5.26 Å². The fraction of sp³-hybridized carbons (Fsp3) is 0.250. The van der Waals surface area contributed by atoms with Gasteiger partial charge in [-0.1, -0.05) is 28.1 Å². The summed E-state index contributed by atoms with van der Waals surface area (Å²) in [5, 5.41) is 12.9. The molecule has 0 aliphatic heterocycles. The highest BCUT2D eigenvalue weighted by molar-refractivity contribution is 9.10. The molecule has 2 atom stereocenters. The smallest absolute Gasteiger partial charge is 0.252 e. The van der Waals surface area contributed by atoms with Crippen LogP contribution in [0, 0.1) is 11.3 Å². The van der Waals surface area contributed by atoms with E-state index in [2.05, 4.69) is 26.0 Å². The summed E-state index contributed by atoms with van der Waals surface area (Å²) in [6, 6.07) is 9.50. The monoisotopic (exact) mass is 305 g/mol. The number of hydrogen-bond acceptors (Lipinski definition) is 4. The lowest BCUT2D eigenvalue weighted by atomic mass is 10.0. The van der Waals surface area contributed by atoms with Crippen LogP contribution < -0.4 is 5.73 Å². The molecule has 2 N–H and O–H groups in total. The molecule has 18 heavy (non-hydrogen) atoms. The first-order valence-electron chi connectivity index (χ1n) is 5.44. The number of aromatic nitrogens is 3. The minimum Gasteiger partial charge on any atom is -0.326 e. The van der Waals surface area contributed by atoms with Crippen LogP contribution in [-0.2, 0) is 0 Å². The Bertz CT molecular complexity index is 567. The standard InChI is InChI=1S/C12H12BrN5/c1-8(15)12(9-2-4-10(13)5-3-9)18-7-16-11(6-14)17-18/h2-5,7-8,12H,15H2,1H3. The maximum Gasteiger partial charge on any atom is 0.252 e. The Labute approximate surface area is 113 Å². The second-order valence-electron chi connectivity index (χ2n) is 4.02. The largest absolute Gasteiger partial charge is 0.326 e. The van der Waals surface area contributed by atoms with Crippen LogP contribution in [0.15, 0.2) is 35.1 Å². The van der Waals surface area contributed by atoms with E-state index < -0.39 is 0 Å². The number of nitriles is 1. The third-order valence-electron chi connectivity index (χ3n) is 2.60. The van der Waals surface area contributed by atoms with Gasteiger partial charge >= 0.3 is 0 Å². The zero-order valence-corrected chi connectivity index (χ0v) is 11.4. The molecule has 0 aliphatic carbocycles. The molecule has 2 aromatic rings. The Morgan fingerprint density at radius 3 is 2.56 bits per heavy atom. The highest BCUT2D eigenvalue weighted by atomic mass is 79.9. The van der Waals surface area contributed by atoms with Crippen molar-refractivity contribution in [3.05, 3.63) is 46.5 Å². The topological polar surface area (TPSA) is 80.5 Å². The molecular weight excluding hydrogens is 294 g/mol. The van der Waals surface area contributed by atoms with Gasteiger partial charge in [0.25, 0.3) is 5.82 Å². The van der Waals surface area contributed by atoms with Gasteiger partial charge < -0.3 is 5.73 Å². The van der Waals surface area contributed by atoms with Crippen molar-refractivity contribution in [2.75, 3.05) is 0 Å². The predicted octanol–water partition coefficient (Wildman–Crippen LogP) is 1.85. The Kier molecular flexibility index (Phi) is 3.75. The Hall–Kier alpha value is -1.71. The summed E-state index contributed by atoms with van der Waals surface area (Å²) in [7, 11) is 0. The molecule has 0 fully saturated rings. The van der Waals surface area contributed by atoms with Crippen LogP contribution in [0.5, 0.6) is 0 Å². The van der Waals surface area contributed by atoms with Crippen molar-refractivity contribution < 1.29 is 0 Å². The number of halogens is 1. The number of benzene rings is 1. The molecule has 1 heterocycles. The molecule has 1 aromatic carbocycles. The quantitative estimate of drug-likeness (QED) is 0.938. The van der Waals surface area contributed by atoms with Gasteiger partial charge in [-0.25, -0.2) is 9.67 Å². The van der Waals surface area contributed by atoms with Crippen molar-refractivity contribution in [3.63, 3.8) is 0 Å². The minimum absolute atomic E-state index is 0.132. The first kappa shape index (κ1) is 12.7. The van der Waals surface area contributed by atoms with E-state index in [-0.39, 0.29) is 17.9 Å². The van der Waals surface area contributed by atoms with E-state index in [1.165, 1.54) is 6.33 Å². The molecule has 0 aliphatic rings. The number of nitrogens with zero attached hydrogens (tertiary/aromatic N) is 4. The van der Waals surface area contributed by atoms with E-state index in [1.807, 2.05) is 37.3 Å². The minimum atomic E-state index is -0.139. The first-order valence-corrected chi connectivity index (χ1v) is 6.23. The summed E-state index contributed by atoms with van der Waals surface area (Å²) in [6.07, 6.45) is 1.54. The molecule has 0 saturated heterocycles. The van der Waals surface area contributed by atoms with Gasteiger partial charge in [0.1, 0.15) is 12.4 Å². The molecular formula is C12H12BrN5. The van der Waals surface area contributed by atoms with Crippen molar-refractivity contribution >= 4 is 15.9 Å². The van der Waals surface area contributed by atoms with Gasteiger partial charge in [0, 0.05) is 10.5 Å². The van der Waals surface area contributed by atoms with Crippen molar-refractivity contribution in [2.24, 2.45) is 5.73 Å². The summed E-state index contributed by atoms with van der Waals surface area (Å²) in [5.41, 5.74) is 7.04. The molecule has 0 spiro atoms. The van der Waals surface area contributed by atoms with Gasteiger partial charge in [-0.15, -0.1) is 5.10 Å². The van der Waals surface area contributed by atoms with E-state index in [0.717, 1.165) is 10.0 Å². The molecule has 5 nitrogen and oxygen atoms in total. The Balaban J connectivity index is 2.40. The lowest BCUT2D eigenvalue weighted by Crippen LogP contribution is -2.30. The Morgan fingerprint density at radius 1 is 1.39 bits per heavy atom. The van der Waals surface area contributed by atoms with Crippen molar-refractivity contribution in [3.8, 4) is 6.07 Å². The lowest BCUT2D eigenvalue weighted by Gasteiger charge is -2.21. The second kappa shape index (κ2) is 5.29. The SMILES string of the molecule is CC(N)C(c1ccc(Br)cc1)n1cnc(C#N)n1. The number of hydrogen-bond donors (Lipinski definition) is 1. The van der Waals surface area contributed by atoms with Crippen LogP contribution in [0.25, 0.3) is 0 Å². The van der Waals surface area contributed by atoms with Gasteiger partial charge in [0.15, 0.2) is 0 Å². The van der Waals surface area contributed by atoms with Crippen molar-refractivity contribution in [1.29, 1.82) is 5.26 Å². The fourth-order valence-electron chi connectivity index (χ4n) is 1.82. The molecule has 1 aromatic heterocycles. The summed E-state index contributed by atoms with van der Waals surface area (Å²) >= 11 is 3.39. The van der Waals surface area contributed by atoms with E-state index >= 15 is 0 Å². The fourth-order valence-corrected chi connectivity index (χ4v) is 2.08. The van der Waals surface area contributed by atoms with Crippen LogP contribution in [-0.4, -0.2) is 20.8 Å². The van der Waals surface area contributed by atoms with E-state index in [4.69, 9.17) is 11.0 Å². The molecule has 6 heteroatoms. The average Bonchev–Trinajstić information content (AvgIpc) is 2.80. The van der Waals surface area contributed by atoms with Crippen molar-refractivity contribution in [1.82, 2.24) is 14.8 Å². The molecule has 2 rings (SSSR count). The molecule has 2 unspecified atom stereocenters. The summed E-state index contributed by atoms with van der Waals surface area (Å²) in [6.45, 7) is 1.90. The number of nitrogens with two attached hydrogens (primary N) is 1. The van der Waals surface area contributed by atoms with Crippen LogP contribution in [0.2, 0.25) is 0 Å². The molecule has 0 amide bonds. The zero-order chi connectivity index (χ0) is 13.1. The lowest BCUT2D eigenvalue weighted by molar-refractivity contribution is 0.452. The van der Waals surface area contributed by atoms with Gasteiger partial charge in [-0.3, -0.25) is 0 Å². The van der Waals surface area contributed by atoms with E-state index in [9.17, 15) is 0 Å². The molecule has 0 bridgehead atoms. The van der Waals surface area contributed by atoms with Crippen LogP contribution in [0.1, 0.15) is 24.4 Å². The Morgan fingerprint density at radius 2 is 2.06 bits per heavy atom. The maximum absolute atomic E-state index is 8.75. The molecule has 0 saturated carbocycles. The van der Waals surface area contributed by atoms with E-state index in [0.29, 0.717) is 0 Å². The zero-order valence-electron chi connectivity index (χ0n) is 9.79. The first-order chi connectivity index (χ1) is 8.61. The number of rotatable bonds is 3. The predicted molar refractivity (Wildman–Crippen MR) is 70.7 cm³/mol. The van der Waals surface area contributed by atoms with Crippen molar-refractivity contribution in [2.45, 2.75) is 19.0 Å². The van der Waals surface area contributed by atoms with Crippen LogP contribution in [0.3, 0.4) is 0 Å². The normalized spacial score (nSPS) is 13.9. The average molecular weight is 306 g/mol.